The second-order valence-corrected chi connectivity index (χ2v) is 7.82. The Labute approximate surface area is 172 Å². The smallest absolute Gasteiger partial charge is 0.337 e. The summed E-state index contributed by atoms with van der Waals surface area (Å²) in [5.41, 5.74) is 2.84. The van der Waals surface area contributed by atoms with Crippen LogP contribution in [0, 0.1) is 0 Å². The molecule has 0 atom stereocenters. The molecule has 148 valence electrons. The third kappa shape index (κ3) is 4.30. The maximum Gasteiger partial charge on any atom is 0.337 e. The monoisotopic (exact) mass is 407 g/mol. The Balaban J connectivity index is 1.55. The lowest BCUT2D eigenvalue weighted by atomic mass is 10.1. The number of hydrogen-bond acceptors (Lipinski definition) is 6. The van der Waals surface area contributed by atoms with Crippen LogP contribution in [0.2, 0.25) is 0 Å². The quantitative estimate of drug-likeness (QED) is 0.503. The van der Waals surface area contributed by atoms with Crippen molar-refractivity contribution in [2.75, 3.05) is 30.4 Å². The van der Waals surface area contributed by atoms with E-state index in [1.165, 1.54) is 24.5 Å². The Kier molecular flexibility index (Phi) is 5.57. The number of rotatable bonds is 5. The summed E-state index contributed by atoms with van der Waals surface area (Å²) in [6.07, 6.45) is 5.41. The van der Waals surface area contributed by atoms with Crippen molar-refractivity contribution in [3.05, 3.63) is 59.1 Å². The van der Waals surface area contributed by atoms with E-state index in [0.717, 1.165) is 46.8 Å². The molecule has 1 fully saturated rings. The summed E-state index contributed by atoms with van der Waals surface area (Å²) in [4.78, 5) is 31.2. The number of carbonyl (C=O) groups excluding carboxylic acids is 2. The molecule has 1 N–H and O–H groups in total. The van der Waals surface area contributed by atoms with Gasteiger partial charge in [-0.15, -0.1) is 11.3 Å². The van der Waals surface area contributed by atoms with Crippen LogP contribution in [0.1, 0.15) is 28.2 Å². The molecule has 0 spiro atoms. The highest BCUT2D eigenvalue weighted by Crippen LogP contribution is 2.30. The first-order valence-corrected chi connectivity index (χ1v) is 10.3. The van der Waals surface area contributed by atoms with Crippen molar-refractivity contribution >= 4 is 50.9 Å². The van der Waals surface area contributed by atoms with Crippen molar-refractivity contribution in [1.29, 1.82) is 0 Å². The average molecular weight is 407 g/mol. The van der Waals surface area contributed by atoms with Crippen LogP contribution >= 0.6 is 11.3 Å². The summed E-state index contributed by atoms with van der Waals surface area (Å²) < 4.78 is 5.89. The largest absolute Gasteiger partial charge is 0.465 e. The first-order valence-electron chi connectivity index (χ1n) is 9.46. The highest BCUT2D eigenvalue weighted by Gasteiger charge is 2.18. The van der Waals surface area contributed by atoms with Crippen LogP contribution < -0.4 is 10.2 Å². The molecule has 0 bridgehead atoms. The molecule has 29 heavy (non-hydrogen) atoms. The standard InChI is InChI=1S/C22H21N3O3S/c1-28-22(27)15-8-9-18(25-12-4-5-13-25)17(14-15)23-20(26)10-11-21-24-16-6-2-3-7-19(16)29-21/h2-3,6-11,14H,4-5,12-13H2,1H3,(H,23,26)/b11-10+. The predicted molar refractivity (Wildman–Crippen MR) is 117 cm³/mol. The minimum atomic E-state index is -0.432. The number of anilines is 2. The van der Waals surface area contributed by atoms with Gasteiger partial charge < -0.3 is 15.0 Å². The van der Waals surface area contributed by atoms with Crippen LogP contribution in [0.4, 0.5) is 11.4 Å². The third-order valence-corrected chi connectivity index (χ3v) is 5.81. The second-order valence-electron chi connectivity index (χ2n) is 6.76. The zero-order valence-electron chi connectivity index (χ0n) is 16.1. The molecule has 0 aliphatic carbocycles. The van der Waals surface area contributed by atoms with Crippen molar-refractivity contribution < 1.29 is 14.3 Å². The van der Waals surface area contributed by atoms with Gasteiger partial charge in [-0.1, -0.05) is 12.1 Å². The lowest BCUT2D eigenvalue weighted by Gasteiger charge is -2.22. The number of esters is 1. The number of nitrogens with zero attached hydrogens (tertiary/aromatic N) is 2. The average Bonchev–Trinajstić information content (AvgIpc) is 3.41. The summed E-state index contributed by atoms with van der Waals surface area (Å²) in [5, 5.41) is 3.68. The Bertz CT molecular complexity index is 1050. The van der Waals surface area contributed by atoms with E-state index in [2.05, 4.69) is 15.2 Å². The summed E-state index contributed by atoms with van der Waals surface area (Å²) in [6.45, 7) is 1.87. The van der Waals surface area contributed by atoms with Crippen molar-refractivity contribution in [3.63, 3.8) is 0 Å². The normalized spacial score (nSPS) is 13.9. The van der Waals surface area contributed by atoms with Crippen molar-refractivity contribution in [2.24, 2.45) is 0 Å². The molecular formula is C22H21N3O3S. The van der Waals surface area contributed by atoms with Crippen molar-refractivity contribution in [1.82, 2.24) is 4.98 Å². The van der Waals surface area contributed by atoms with Crippen molar-refractivity contribution in [2.45, 2.75) is 12.8 Å². The van der Waals surface area contributed by atoms with Crippen LogP contribution in [-0.2, 0) is 9.53 Å². The number of methoxy groups -OCH3 is 1. The highest BCUT2D eigenvalue weighted by atomic mass is 32.1. The van der Waals surface area contributed by atoms with E-state index in [0.29, 0.717) is 11.3 Å². The van der Waals surface area contributed by atoms with E-state index in [1.54, 1.807) is 18.2 Å². The van der Waals surface area contributed by atoms with Gasteiger partial charge in [-0.25, -0.2) is 9.78 Å². The number of aromatic nitrogens is 1. The maximum atomic E-state index is 12.6. The Morgan fingerprint density at radius 2 is 1.97 bits per heavy atom. The molecule has 1 aromatic heterocycles. The molecule has 2 aromatic carbocycles. The topological polar surface area (TPSA) is 71.5 Å². The van der Waals surface area contributed by atoms with E-state index in [-0.39, 0.29) is 5.91 Å². The number of carbonyl (C=O) groups is 2. The third-order valence-electron chi connectivity index (χ3n) is 4.81. The van der Waals surface area contributed by atoms with E-state index in [1.807, 2.05) is 30.3 Å². The Morgan fingerprint density at radius 3 is 2.72 bits per heavy atom. The summed E-state index contributed by atoms with van der Waals surface area (Å²) in [5.74, 6) is -0.704. The predicted octanol–water partition coefficient (Wildman–Crippen LogP) is 4.34. The Morgan fingerprint density at radius 1 is 1.17 bits per heavy atom. The number of amides is 1. The molecule has 6 nitrogen and oxygen atoms in total. The maximum absolute atomic E-state index is 12.6. The number of fused-ring (bicyclic) bond motifs is 1. The molecule has 1 amide bonds. The van der Waals surface area contributed by atoms with Crippen LogP contribution in [0.3, 0.4) is 0 Å². The van der Waals surface area contributed by atoms with E-state index >= 15 is 0 Å². The zero-order valence-corrected chi connectivity index (χ0v) is 16.9. The molecule has 1 saturated heterocycles. The summed E-state index contributed by atoms with van der Waals surface area (Å²) >= 11 is 1.53. The molecule has 7 heteroatoms. The van der Waals surface area contributed by atoms with Gasteiger partial charge in [-0.2, -0.15) is 0 Å². The van der Waals surface area contributed by atoms with Crippen molar-refractivity contribution in [3.8, 4) is 0 Å². The van der Waals surface area contributed by atoms with Crippen LogP contribution in [0.15, 0.2) is 48.5 Å². The molecule has 0 unspecified atom stereocenters. The number of benzene rings is 2. The lowest BCUT2D eigenvalue weighted by Crippen LogP contribution is -2.21. The Hall–Kier alpha value is -3.19. The number of hydrogen-bond donors (Lipinski definition) is 1. The number of ether oxygens (including phenoxy) is 1. The van der Waals surface area contributed by atoms with Gasteiger partial charge in [-0.3, -0.25) is 4.79 Å². The fourth-order valence-electron chi connectivity index (χ4n) is 3.40. The van der Waals surface area contributed by atoms with Gasteiger partial charge in [0.25, 0.3) is 0 Å². The molecule has 0 radical (unpaired) electrons. The summed E-state index contributed by atoms with van der Waals surface area (Å²) in [7, 11) is 1.34. The van der Waals surface area contributed by atoms with Gasteiger partial charge in [0, 0.05) is 19.2 Å². The molecule has 4 rings (SSSR count). The second kappa shape index (κ2) is 8.45. The molecule has 0 saturated carbocycles. The SMILES string of the molecule is COC(=O)c1ccc(N2CCCC2)c(NC(=O)/C=C/c2nc3ccccc3s2)c1. The number of nitrogens with one attached hydrogen (secondary N) is 1. The van der Waals surface area contributed by atoms with Crippen LogP contribution in [0.25, 0.3) is 16.3 Å². The van der Waals surface area contributed by atoms with Gasteiger partial charge >= 0.3 is 5.97 Å². The van der Waals surface area contributed by atoms with E-state index in [9.17, 15) is 9.59 Å². The molecular weight excluding hydrogens is 386 g/mol. The summed E-state index contributed by atoms with van der Waals surface area (Å²) in [6, 6.07) is 13.1. The fourth-order valence-corrected chi connectivity index (χ4v) is 4.27. The van der Waals surface area contributed by atoms with Gasteiger partial charge in [0.05, 0.1) is 34.3 Å². The van der Waals surface area contributed by atoms with Gasteiger partial charge in [0.15, 0.2) is 0 Å². The van der Waals surface area contributed by atoms with E-state index < -0.39 is 5.97 Å². The molecule has 1 aliphatic rings. The fraction of sp³-hybridized carbons (Fsp3) is 0.227. The molecule has 3 aromatic rings. The number of para-hydroxylation sites is 1. The minimum absolute atomic E-state index is 0.272. The van der Waals surface area contributed by atoms with Gasteiger partial charge in [0.1, 0.15) is 5.01 Å². The van der Waals surface area contributed by atoms with Crippen LogP contribution in [0.5, 0.6) is 0 Å². The molecule has 2 heterocycles. The highest BCUT2D eigenvalue weighted by molar-refractivity contribution is 7.19. The minimum Gasteiger partial charge on any atom is -0.465 e. The lowest BCUT2D eigenvalue weighted by molar-refractivity contribution is -0.111. The number of thiazole rings is 1. The van der Waals surface area contributed by atoms with Gasteiger partial charge in [-0.05, 0) is 49.2 Å². The van der Waals surface area contributed by atoms with E-state index in [4.69, 9.17) is 4.74 Å². The zero-order chi connectivity index (χ0) is 20.2. The molecule has 1 aliphatic heterocycles. The van der Waals surface area contributed by atoms with Crippen LogP contribution in [-0.4, -0.2) is 37.1 Å². The van der Waals surface area contributed by atoms with Gasteiger partial charge in [0.2, 0.25) is 5.91 Å². The first kappa shape index (κ1) is 19.1. The first-order chi connectivity index (χ1) is 14.1.